The van der Waals surface area contributed by atoms with Gasteiger partial charge in [0.1, 0.15) is 23.0 Å². The number of rotatable bonds is 8. The smallest absolute Gasteiger partial charge is 0.272 e. The van der Waals surface area contributed by atoms with E-state index in [1.54, 1.807) is 65.6 Å². The van der Waals surface area contributed by atoms with Crippen LogP contribution in [0, 0.1) is 11.7 Å². The molecule has 0 spiro atoms. The molecule has 2 aliphatic heterocycles. The van der Waals surface area contributed by atoms with Crippen LogP contribution in [0.2, 0.25) is 0 Å². The summed E-state index contributed by atoms with van der Waals surface area (Å²) in [6.45, 7) is 2.19. The summed E-state index contributed by atoms with van der Waals surface area (Å²) < 4.78 is 18.2. The van der Waals surface area contributed by atoms with Gasteiger partial charge in [0, 0.05) is 49.9 Å². The van der Waals surface area contributed by atoms with Crippen molar-refractivity contribution in [2.24, 2.45) is 5.92 Å². The van der Waals surface area contributed by atoms with Crippen LogP contribution < -0.4 is 14.9 Å². The highest BCUT2D eigenvalue weighted by molar-refractivity contribution is 5.99. The van der Waals surface area contributed by atoms with Crippen molar-refractivity contribution >= 4 is 17.6 Å². The highest BCUT2D eigenvalue weighted by Crippen LogP contribution is 2.24. The van der Waals surface area contributed by atoms with Crippen LogP contribution in [0.25, 0.3) is 0 Å². The third-order valence-corrected chi connectivity index (χ3v) is 7.61. The number of hydroxylamine groups is 2. The number of ketones is 1. The number of nitrogens with zero attached hydrogens (tertiary/aromatic N) is 3. The van der Waals surface area contributed by atoms with Crippen LogP contribution in [0.4, 0.5) is 4.39 Å². The summed E-state index contributed by atoms with van der Waals surface area (Å²) in [7, 11) is 1.58. The van der Waals surface area contributed by atoms with Gasteiger partial charge in [-0.25, -0.2) is 4.39 Å². The Morgan fingerprint density at radius 2 is 1.46 bits per heavy atom. The number of methoxy groups -OCH3 is 1. The molecule has 214 valence electrons. The maximum Gasteiger partial charge on any atom is 0.272 e. The third kappa shape index (κ3) is 7.07. The lowest BCUT2D eigenvalue weighted by Gasteiger charge is -2.31. The summed E-state index contributed by atoms with van der Waals surface area (Å²) in [4.78, 5) is 50.4. The normalized spacial score (nSPS) is 16.7. The van der Waals surface area contributed by atoms with Crippen molar-refractivity contribution in [2.75, 3.05) is 33.3 Å². The van der Waals surface area contributed by atoms with Crippen LogP contribution in [0.1, 0.15) is 56.9 Å². The molecule has 3 aromatic rings. The number of likely N-dealkylation sites (tertiary alicyclic amines) is 1. The van der Waals surface area contributed by atoms with E-state index in [9.17, 15) is 18.8 Å². The number of hydrogen-bond acceptors (Lipinski definition) is 7. The SMILES string of the molecule is COc1ccc(C(=O)C2CCN(C(=O)c3ccc(C(=O)NC4CCN(Oc5ccc(F)cc5)CC4)cn3)CC2)cc1. The van der Waals surface area contributed by atoms with Crippen molar-refractivity contribution in [3.8, 4) is 11.5 Å². The Labute approximate surface area is 238 Å². The summed E-state index contributed by atoms with van der Waals surface area (Å²) in [6, 6.07) is 16.1. The molecule has 0 aliphatic carbocycles. The monoisotopic (exact) mass is 560 g/mol. The number of benzene rings is 2. The standard InChI is InChI=1S/C31H33FN4O5/c1-40-26-7-2-21(3-8-26)29(37)22-12-16-35(17-13-22)31(39)28-11-4-23(20-33-28)30(38)34-25-14-18-36(19-15-25)41-27-9-5-24(32)6-10-27/h2-11,20,22,25H,12-19H2,1H3,(H,34,38). The van der Waals surface area contributed by atoms with Crippen LogP contribution in [-0.2, 0) is 0 Å². The van der Waals surface area contributed by atoms with Gasteiger partial charge in [0.2, 0.25) is 0 Å². The molecule has 1 N–H and O–H groups in total. The molecule has 2 aromatic carbocycles. The highest BCUT2D eigenvalue weighted by atomic mass is 19.1. The fourth-order valence-electron chi connectivity index (χ4n) is 5.16. The molecule has 1 aromatic heterocycles. The van der Waals surface area contributed by atoms with E-state index in [-0.39, 0.29) is 41.1 Å². The first kappa shape index (κ1) is 28.2. The van der Waals surface area contributed by atoms with Crippen LogP contribution in [-0.4, -0.2) is 71.9 Å². The minimum Gasteiger partial charge on any atom is -0.497 e. The summed E-state index contributed by atoms with van der Waals surface area (Å²) in [5, 5.41) is 4.83. The van der Waals surface area contributed by atoms with Crippen LogP contribution in [0.3, 0.4) is 0 Å². The van der Waals surface area contributed by atoms with Gasteiger partial charge in [-0.15, -0.1) is 5.06 Å². The lowest BCUT2D eigenvalue weighted by molar-refractivity contribution is -0.0766. The molecule has 2 saturated heterocycles. The molecule has 2 amide bonds. The largest absolute Gasteiger partial charge is 0.497 e. The van der Waals surface area contributed by atoms with E-state index in [0.717, 1.165) is 0 Å². The molecule has 9 nitrogen and oxygen atoms in total. The summed E-state index contributed by atoms with van der Waals surface area (Å²) >= 11 is 0. The second-order valence-electron chi connectivity index (χ2n) is 10.3. The van der Waals surface area contributed by atoms with Crippen LogP contribution in [0.5, 0.6) is 11.5 Å². The van der Waals surface area contributed by atoms with Gasteiger partial charge in [-0.1, -0.05) is 0 Å². The van der Waals surface area contributed by atoms with Crippen molar-refractivity contribution in [3.63, 3.8) is 0 Å². The number of carbonyl (C=O) groups is 3. The first-order valence-electron chi connectivity index (χ1n) is 13.8. The average Bonchev–Trinajstić information content (AvgIpc) is 3.02. The van der Waals surface area contributed by atoms with E-state index in [2.05, 4.69) is 10.3 Å². The molecule has 10 heteroatoms. The third-order valence-electron chi connectivity index (χ3n) is 7.61. The second kappa shape index (κ2) is 12.9. The van der Waals surface area contributed by atoms with Gasteiger partial charge in [-0.3, -0.25) is 19.4 Å². The quantitative estimate of drug-likeness (QED) is 0.413. The van der Waals surface area contributed by atoms with Crippen molar-refractivity contribution in [2.45, 2.75) is 31.7 Å². The van der Waals surface area contributed by atoms with E-state index in [1.807, 2.05) is 0 Å². The number of hydrogen-bond donors (Lipinski definition) is 1. The van der Waals surface area contributed by atoms with Crippen molar-refractivity contribution in [1.29, 1.82) is 0 Å². The van der Waals surface area contributed by atoms with Gasteiger partial charge < -0.3 is 19.8 Å². The van der Waals surface area contributed by atoms with E-state index in [1.165, 1.54) is 18.3 Å². The molecule has 2 fully saturated rings. The molecule has 0 unspecified atom stereocenters. The van der Waals surface area contributed by atoms with Gasteiger partial charge in [0.15, 0.2) is 5.78 Å². The Bertz CT molecular complexity index is 1350. The molecule has 0 saturated carbocycles. The molecular weight excluding hydrogens is 527 g/mol. The minimum absolute atomic E-state index is 0.0150. The van der Waals surface area contributed by atoms with E-state index in [0.29, 0.717) is 74.5 Å². The maximum absolute atomic E-state index is 13.1. The molecule has 0 radical (unpaired) electrons. The number of piperidine rings is 2. The Hall–Kier alpha value is -4.31. The lowest BCUT2D eigenvalue weighted by Crippen LogP contribution is -2.45. The topological polar surface area (TPSA) is 101 Å². The minimum atomic E-state index is -0.315. The number of ether oxygens (including phenoxy) is 1. The zero-order chi connectivity index (χ0) is 28.8. The summed E-state index contributed by atoms with van der Waals surface area (Å²) in [6.07, 6.45) is 4.01. The van der Waals surface area contributed by atoms with Crippen LogP contribution >= 0.6 is 0 Å². The highest BCUT2D eigenvalue weighted by Gasteiger charge is 2.29. The average molecular weight is 561 g/mol. The summed E-state index contributed by atoms with van der Waals surface area (Å²) in [5.41, 5.74) is 1.30. The van der Waals surface area contributed by atoms with Gasteiger partial charge >= 0.3 is 0 Å². The van der Waals surface area contributed by atoms with Gasteiger partial charge in [0.25, 0.3) is 11.8 Å². The summed E-state index contributed by atoms with van der Waals surface area (Å²) in [5.74, 6) is 0.458. The van der Waals surface area contributed by atoms with Gasteiger partial charge in [-0.05, 0) is 86.3 Å². The first-order valence-corrected chi connectivity index (χ1v) is 13.8. The predicted molar refractivity (Wildman–Crippen MR) is 149 cm³/mol. The van der Waals surface area contributed by atoms with Gasteiger partial charge in [0.05, 0.1) is 12.7 Å². The number of carbonyl (C=O) groups excluding carboxylic acids is 3. The Kier molecular flexibility index (Phi) is 8.88. The molecule has 0 bridgehead atoms. The van der Waals surface area contributed by atoms with E-state index >= 15 is 0 Å². The number of aromatic nitrogens is 1. The molecule has 3 heterocycles. The Morgan fingerprint density at radius 3 is 2.07 bits per heavy atom. The zero-order valence-electron chi connectivity index (χ0n) is 22.9. The van der Waals surface area contributed by atoms with Gasteiger partial charge in [-0.2, -0.15) is 0 Å². The fraction of sp³-hybridized carbons (Fsp3) is 0.355. The van der Waals surface area contributed by atoms with E-state index in [4.69, 9.17) is 9.57 Å². The number of Topliss-reactive ketones (excluding diaryl/α,β-unsaturated/α-hetero) is 1. The van der Waals surface area contributed by atoms with Crippen molar-refractivity contribution < 1.29 is 28.3 Å². The molecule has 0 atom stereocenters. The van der Waals surface area contributed by atoms with E-state index < -0.39 is 0 Å². The molecule has 2 aliphatic rings. The number of halogens is 1. The fourth-order valence-corrected chi connectivity index (χ4v) is 5.16. The maximum atomic E-state index is 13.1. The lowest BCUT2D eigenvalue weighted by atomic mass is 9.88. The van der Waals surface area contributed by atoms with Crippen LogP contribution in [0.15, 0.2) is 66.9 Å². The van der Waals surface area contributed by atoms with Crippen molar-refractivity contribution in [1.82, 2.24) is 20.3 Å². The second-order valence-corrected chi connectivity index (χ2v) is 10.3. The number of pyridine rings is 1. The molecular formula is C31H33FN4O5. The number of amides is 2. The predicted octanol–water partition coefficient (Wildman–Crippen LogP) is 4.15. The Morgan fingerprint density at radius 1 is 0.829 bits per heavy atom. The zero-order valence-corrected chi connectivity index (χ0v) is 22.9. The number of nitrogens with one attached hydrogen (secondary N) is 1. The molecule has 41 heavy (non-hydrogen) atoms. The Balaban J connectivity index is 1.07. The first-order chi connectivity index (χ1) is 19.9. The van der Waals surface area contributed by atoms with Crippen molar-refractivity contribution in [3.05, 3.63) is 89.5 Å². The molecule has 5 rings (SSSR count).